The maximum absolute atomic E-state index is 13.7. The molecule has 34 heavy (non-hydrogen) atoms. The molecule has 2 amide bonds. The van der Waals surface area contributed by atoms with Gasteiger partial charge in [0, 0.05) is 18.4 Å². The second-order valence-corrected chi connectivity index (χ2v) is 11.2. The van der Waals surface area contributed by atoms with Crippen LogP contribution in [0, 0.1) is 17.3 Å². The zero-order valence-corrected chi connectivity index (χ0v) is 22.7. The predicted octanol–water partition coefficient (Wildman–Crippen LogP) is 5.41. The number of nitrogens with one attached hydrogen (secondary N) is 1. The molecule has 2 N–H and O–H groups in total. The molecule has 0 heterocycles. The van der Waals surface area contributed by atoms with Gasteiger partial charge in [0.15, 0.2) is 0 Å². The van der Waals surface area contributed by atoms with Gasteiger partial charge in [0.25, 0.3) is 0 Å². The van der Waals surface area contributed by atoms with Crippen LogP contribution in [0.5, 0.6) is 0 Å². The first-order chi connectivity index (χ1) is 15.7. The summed E-state index contributed by atoms with van der Waals surface area (Å²) in [7, 11) is 1.77. The van der Waals surface area contributed by atoms with Crippen LogP contribution < -0.4 is 5.32 Å². The molecule has 0 aliphatic rings. The molecular formula is C28H45N3O3. The summed E-state index contributed by atoms with van der Waals surface area (Å²) in [6.45, 7) is 18.0. The minimum absolute atomic E-state index is 0.113. The fourth-order valence-electron chi connectivity index (χ4n) is 4.49. The second kappa shape index (κ2) is 12.2. The van der Waals surface area contributed by atoms with Gasteiger partial charge >= 0.3 is 0 Å². The third kappa shape index (κ3) is 7.44. The Morgan fingerprint density at radius 1 is 1.12 bits per heavy atom. The summed E-state index contributed by atoms with van der Waals surface area (Å²) >= 11 is 0. The molecule has 1 aromatic rings. The highest BCUT2D eigenvalue weighted by Gasteiger charge is 2.41. The summed E-state index contributed by atoms with van der Waals surface area (Å²) in [6, 6.07) is 9.14. The van der Waals surface area contributed by atoms with E-state index in [1.807, 2.05) is 84.9 Å². The SMILES string of the molecule is CC[C@H](C(=O)NC(C(=O)N(C)[C@H](/C=C(\C)C=NO)C(C)C)C(C)(C)C)C(C)(C)c1ccccc1. The molecule has 6 nitrogen and oxygen atoms in total. The number of hydrogen-bond donors (Lipinski definition) is 2. The summed E-state index contributed by atoms with van der Waals surface area (Å²) in [4.78, 5) is 29.0. The normalized spacial score (nSPS) is 15.8. The molecule has 3 atom stereocenters. The maximum atomic E-state index is 13.7. The lowest BCUT2D eigenvalue weighted by Gasteiger charge is -2.39. The van der Waals surface area contributed by atoms with E-state index < -0.39 is 11.5 Å². The Kier molecular flexibility index (Phi) is 10.5. The van der Waals surface area contributed by atoms with E-state index in [0.29, 0.717) is 6.42 Å². The molecule has 0 aliphatic carbocycles. The van der Waals surface area contributed by atoms with Gasteiger partial charge in [-0.05, 0) is 35.8 Å². The number of carbonyl (C=O) groups excluding carboxylic acids is 2. The third-order valence-electron chi connectivity index (χ3n) is 6.69. The number of allylic oxidation sites excluding steroid dienone is 1. The summed E-state index contributed by atoms with van der Waals surface area (Å²) in [5, 5.41) is 15.1. The molecule has 1 aromatic carbocycles. The topological polar surface area (TPSA) is 82.0 Å². The molecule has 0 fully saturated rings. The van der Waals surface area contributed by atoms with Crippen LogP contribution in [0.3, 0.4) is 0 Å². The molecule has 6 heteroatoms. The van der Waals surface area contributed by atoms with Gasteiger partial charge < -0.3 is 15.4 Å². The molecule has 0 spiro atoms. The van der Waals surface area contributed by atoms with Crippen molar-refractivity contribution in [3.63, 3.8) is 0 Å². The van der Waals surface area contributed by atoms with E-state index in [4.69, 9.17) is 5.21 Å². The number of nitrogens with zero attached hydrogens (tertiary/aromatic N) is 2. The molecule has 1 unspecified atom stereocenters. The Morgan fingerprint density at radius 2 is 1.68 bits per heavy atom. The number of carbonyl (C=O) groups is 2. The van der Waals surface area contributed by atoms with Gasteiger partial charge in [0.05, 0.1) is 12.3 Å². The van der Waals surface area contributed by atoms with Crippen molar-refractivity contribution in [2.24, 2.45) is 22.4 Å². The average Bonchev–Trinajstić information content (AvgIpc) is 2.75. The van der Waals surface area contributed by atoms with Gasteiger partial charge in [-0.15, -0.1) is 0 Å². The van der Waals surface area contributed by atoms with Gasteiger partial charge in [-0.25, -0.2) is 0 Å². The van der Waals surface area contributed by atoms with Crippen LogP contribution >= 0.6 is 0 Å². The van der Waals surface area contributed by atoms with Crippen LogP contribution in [0.2, 0.25) is 0 Å². The van der Waals surface area contributed by atoms with Crippen LogP contribution in [-0.2, 0) is 15.0 Å². The standard InChI is InChI=1S/C28H45N3O3/c1-11-22(28(8,9)21-15-13-12-14-16-21)25(32)30-24(27(5,6)7)26(33)31(10)23(19(2)3)17-20(4)18-29-34/h12-19,22-24,34H,11H2,1-10H3,(H,30,32)/b20-17+,29-18?/t22-,23-,24?/m1/s1. The first kappa shape index (κ1) is 29.4. The molecule has 1 rings (SSSR count). The van der Waals surface area contributed by atoms with Gasteiger partial charge in [0.2, 0.25) is 11.8 Å². The van der Waals surface area contributed by atoms with E-state index in [1.165, 1.54) is 6.21 Å². The first-order valence-corrected chi connectivity index (χ1v) is 12.2. The van der Waals surface area contributed by atoms with E-state index in [-0.39, 0.29) is 35.1 Å². The lowest BCUT2D eigenvalue weighted by molar-refractivity contribution is -0.141. The van der Waals surface area contributed by atoms with Gasteiger partial charge in [0.1, 0.15) is 6.04 Å². The smallest absolute Gasteiger partial charge is 0.245 e. The molecule has 0 aromatic heterocycles. The number of likely N-dealkylation sites (N-methyl/N-ethyl adjacent to an activating group) is 1. The summed E-state index contributed by atoms with van der Waals surface area (Å²) in [5.74, 6) is -0.412. The number of oxime groups is 1. The van der Waals surface area contributed by atoms with Crippen molar-refractivity contribution in [2.45, 2.75) is 86.2 Å². The quantitative estimate of drug-likeness (QED) is 0.272. The highest BCUT2D eigenvalue weighted by atomic mass is 16.4. The van der Waals surface area contributed by atoms with E-state index in [9.17, 15) is 9.59 Å². The van der Waals surface area contributed by atoms with E-state index in [1.54, 1.807) is 11.9 Å². The molecular weight excluding hydrogens is 426 g/mol. The molecule has 0 radical (unpaired) electrons. The Hall–Kier alpha value is -2.63. The van der Waals surface area contributed by atoms with Crippen molar-refractivity contribution in [2.75, 3.05) is 7.05 Å². The van der Waals surface area contributed by atoms with E-state index in [0.717, 1.165) is 11.1 Å². The Balaban J connectivity index is 3.27. The summed E-state index contributed by atoms with van der Waals surface area (Å²) < 4.78 is 0. The average molecular weight is 472 g/mol. The van der Waals surface area contributed by atoms with Gasteiger partial charge in [-0.3, -0.25) is 9.59 Å². The molecule has 190 valence electrons. The van der Waals surface area contributed by atoms with Crippen LogP contribution in [0.25, 0.3) is 0 Å². The largest absolute Gasteiger partial charge is 0.411 e. The Morgan fingerprint density at radius 3 is 2.12 bits per heavy atom. The molecule has 0 saturated carbocycles. The fraction of sp³-hybridized carbons (Fsp3) is 0.607. The van der Waals surface area contributed by atoms with Crippen molar-refractivity contribution in [3.8, 4) is 0 Å². The maximum Gasteiger partial charge on any atom is 0.245 e. The van der Waals surface area contributed by atoms with E-state index in [2.05, 4.69) is 24.3 Å². The number of amides is 2. The van der Waals surface area contributed by atoms with Crippen LogP contribution in [0.15, 0.2) is 47.1 Å². The Bertz CT molecular complexity index is 867. The number of benzene rings is 1. The van der Waals surface area contributed by atoms with Crippen LogP contribution in [0.1, 0.15) is 74.3 Å². The monoisotopic (exact) mass is 471 g/mol. The predicted molar refractivity (Wildman–Crippen MR) is 140 cm³/mol. The number of hydrogen-bond acceptors (Lipinski definition) is 4. The van der Waals surface area contributed by atoms with Crippen molar-refractivity contribution < 1.29 is 14.8 Å². The molecule has 0 saturated heterocycles. The number of rotatable bonds is 10. The molecule has 0 aliphatic heterocycles. The summed E-state index contributed by atoms with van der Waals surface area (Å²) in [6.07, 6.45) is 3.93. The highest BCUT2D eigenvalue weighted by Crippen LogP contribution is 2.34. The lowest BCUT2D eigenvalue weighted by atomic mass is 9.71. The first-order valence-electron chi connectivity index (χ1n) is 12.2. The van der Waals surface area contributed by atoms with Crippen molar-refractivity contribution in [3.05, 3.63) is 47.5 Å². The summed E-state index contributed by atoms with van der Waals surface area (Å²) in [5.41, 5.74) is 0.983. The van der Waals surface area contributed by atoms with Gasteiger partial charge in [-0.2, -0.15) is 0 Å². The van der Waals surface area contributed by atoms with Gasteiger partial charge in [-0.1, -0.05) is 97.0 Å². The second-order valence-electron chi connectivity index (χ2n) is 11.2. The molecule has 0 bridgehead atoms. The minimum atomic E-state index is -0.688. The lowest BCUT2D eigenvalue weighted by Crippen LogP contribution is -2.58. The van der Waals surface area contributed by atoms with E-state index >= 15 is 0 Å². The third-order valence-corrected chi connectivity index (χ3v) is 6.69. The van der Waals surface area contributed by atoms with Crippen molar-refractivity contribution in [1.29, 1.82) is 0 Å². The zero-order valence-electron chi connectivity index (χ0n) is 22.7. The Labute approximate surface area is 206 Å². The highest BCUT2D eigenvalue weighted by molar-refractivity contribution is 5.90. The zero-order chi connectivity index (χ0) is 26.3. The van der Waals surface area contributed by atoms with Crippen molar-refractivity contribution in [1.82, 2.24) is 10.2 Å². The van der Waals surface area contributed by atoms with Crippen LogP contribution in [0.4, 0.5) is 0 Å². The fourth-order valence-corrected chi connectivity index (χ4v) is 4.49. The van der Waals surface area contributed by atoms with Crippen molar-refractivity contribution >= 4 is 18.0 Å². The van der Waals surface area contributed by atoms with Crippen LogP contribution in [-0.4, -0.2) is 47.3 Å². The minimum Gasteiger partial charge on any atom is -0.411 e.